The first-order valence-electron chi connectivity index (χ1n) is 36.1. The van der Waals surface area contributed by atoms with Crippen molar-refractivity contribution in [3.8, 4) is 0 Å². The van der Waals surface area contributed by atoms with Crippen LogP contribution in [-0.4, -0.2) is 96.7 Å². The number of carbonyl (C=O) groups is 4. The van der Waals surface area contributed by atoms with E-state index >= 15 is 0 Å². The van der Waals surface area contributed by atoms with E-state index in [1.807, 2.05) is 0 Å². The second-order valence-electron chi connectivity index (χ2n) is 25.4. The number of phosphoric ester groups is 2. The largest absolute Gasteiger partial charge is 0.472 e. The van der Waals surface area contributed by atoms with Gasteiger partial charge < -0.3 is 33.8 Å². The molecule has 19 heteroatoms. The predicted octanol–water partition coefficient (Wildman–Crippen LogP) is 19.7. The van der Waals surface area contributed by atoms with E-state index in [0.29, 0.717) is 25.7 Å². The summed E-state index contributed by atoms with van der Waals surface area (Å²) in [6.45, 7) is 7.16. The molecule has 0 bridgehead atoms. The SMILES string of the molecule is CCCCCCCCCCCCCCCCCCCC(=O)O[C@H](COC(=O)CCCCCCCCCCCCCCC(C)C)COP(=O)(O)OC[C@@H](O)COP(=O)(O)OC[C@@H](COC(=O)CCCCCCC)OC(=O)CCCCCCCCCCCCC. The summed E-state index contributed by atoms with van der Waals surface area (Å²) in [5.74, 6) is -1.35. The van der Waals surface area contributed by atoms with Crippen molar-refractivity contribution in [3.63, 3.8) is 0 Å². The summed E-state index contributed by atoms with van der Waals surface area (Å²) >= 11 is 0. The van der Waals surface area contributed by atoms with Crippen LogP contribution in [0.5, 0.6) is 0 Å². The molecular weight excluding hydrogens is 1160 g/mol. The summed E-state index contributed by atoms with van der Waals surface area (Å²) in [5, 5.41) is 10.5. The third kappa shape index (κ3) is 62.8. The van der Waals surface area contributed by atoms with Crippen molar-refractivity contribution in [1.82, 2.24) is 0 Å². The molecule has 0 radical (unpaired) electrons. The monoisotopic (exact) mass is 1300 g/mol. The maximum Gasteiger partial charge on any atom is 0.472 e. The second-order valence-corrected chi connectivity index (χ2v) is 28.3. The fourth-order valence-corrected chi connectivity index (χ4v) is 12.0. The number of ether oxygens (including phenoxy) is 4. The summed E-state index contributed by atoms with van der Waals surface area (Å²) in [5.41, 5.74) is 0. The Morgan fingerprint density at radius 3 is 0.773 bits per heavy atom. The zero-order valence-electron chi connectivity index (χ0n) is 56.9. The van der Waals surface area contributed by atoms with Crippen molar-refractivity contribution < 1.29 is 80.2 Å². The number of esters is 4. The number of aliphatic hydroxyl groups excluding tert-OH is 1. The Kier molecular flexibility index (Phi) is 61.1. The number of unbranched alkanes of at least 4 members (excludes halogenated alkanes) is 41. The molecule has 0 fully saturated rings. The smallest absolute Gasteiger partial charge is 0.462 e. The number of hydrogen-bond donors (Lipinski definition) is 3. The molecule has 2 unspecified atom stereocenters. The molecule has 0 amide bonds. The van der Waals surface area contributed by atoms with Crippen LogP contribution in [0.4, 0.5) is 0 Å². The third-order valence-corrected chi connectivity index (χ3v) is 17.9. The van der Waals surface area contributed by atoms with Crippen LogP contribution in [0.1, 0.15) is 356 Å². The molecule has 0 aliphatic rings. The highest BCUT2D eigenvalue weighted by molar-refractivity contribution is 7.47. The van der Waals surface area contributed by atoms with Gasteiger partial charge >= 0.3 is 39.5 Å². The maximum atomic E-state index is 13.0. The Hall–Kier alpha value is -1.94. The lowest BCUT2D eigenvalue weighted by Gasteiger charge is -2.21. The van der Waals surface area contributed by atoms with Crippen LogP contribution in [0.25, 0.3) is 0 Å². The minimum atomic E-state index is -4.95. The molecule has 0 heterocycles. The molecule has 0 rings (SSSR count). The lowest BCUT2D eigenvalue weighted by atomic mass is 10.0. The lowest BCUT2D eigenvalue weighted by Crippen LogP contribution is -2.30. The van der Waals surface area contributed by atoms with Crippen LogP contribution in [-0.2, 0) is 65.4 Å². The van der Waals surface area contributed by atoms with E-state index in [0.717, 1.165) is 102 Å². The Morgan fingerprint density at radius 1 is 0.307 bits per heavy atom. The standard InChI is InChI=1S/C69H134O17P2/c1-6-9-12-15-17-19-21-22-23-24-25-26-32-36-40-45-50-55-69(74)86-65(59-80-67(72)53-48-43-38-34-31-28-27-30-33-37-42-46-51-62(4)5)61-84-88(77,78)82-57-63(70)56-81-87(75,76)83-60-64(58-79-66(71)52-47-41-14-11-8-3)85-68(73)54-49-44-39-35-29-20-18-16-13-10-7-2/h62-65,70H,6-61H2,1-5H3,(H,75,76)(H,77,78)/t63-,64+,65+/m0/s1. The maximum absolute atomic E-state index is 13.0. The Morgan fingerprint density at radius 2 is 0.523 bits per heavy atom. The molecule has 0 aromatic heterocycles. The molecule has 0 saturated carbocycles. The lowest BCUT2D eigenvalue weighted by molar-refractivity contribution is -0.161. The van der Waals surface area contributed by atoms with E-state index in [1.165, 1.54) is 173 Å². The average Bonchev–Trinajstić information content (AvgIpc) is 3.71. The van der Waals surface area contributed by atoms with Gasteiger partial charge in [-0.05, 0) is 31.6 Å². The number of phosphoric acid groups is 2. The minimum absolute atomic E-state index is 0.106. The van der Waals surface area contributed by atoms with Gasteiger partial charge in [-0.1, -0.05) is 304 Å². The molecule has 5 atom stereocenters. The van der Waals surface area contributed by atoms with Crippen LogP contribution >= 0.6 is 15.6 Å². The van der Waals surface area contributed by atoms with Crippen molar-refractivity contribution in [2.24, 2.45) is 5.92 Å². The summed E-state index contributed by atoms with van der Waals surface area (Å²) in [4.78, 5) is 72.2. The first-order chi connectivity index (χ1) is 42.5. The van der Waals surface area contributed by atoms with E-state index in [9.17, 15) is 43.2 Å². The summed E-state index contributed by atoms with van der Waals surface area (Å²) < 4.78 is 68.0. The average molecular weight is 1300 g/mol. The molecule has 0 aliphatic heterocycles. The highest BCUT2D eigenvalue weighted by Crippen LogP contribution is 2.45. The molecular formula is C69H134O17P2. The number of aliphatic hydroxyl groups is 1. The quantitative estimate of drug-likeness (QED) is 0.0222. The van der Waals surface area contributed by atoms with E-state index in [4.69, 9.17) is 37.0 Å². The second kappa shape index (κ2) is 62.5. The Labute approximate surface area is 537 Å². The Balaban J connectivity index is 5.16. The van der Waals surface area contributed by atoms with Crippen LogP contribution in [0.3, 0.4) is 0 Å². The van der Waals surface area contributed by atoms with E-state index < -0.39 is 97.5 Å². The summed E-state index contributed by atoms with van der Waals surface area (Å²) in [7, 11) is -9.89. The van der Waals surface area contributed by atoms with Crippen molar-refractivity contribution in [2.45, 2.75) is 374 Å². The predicted molar refractivity (Wildman–Crippen MR) is 354 cm³/mol. The van der Waals surface area contributed by atoms with Gasteiger partial charge in [-0.25, -0.2) is 9.13 Å². The fourth-order valence-electron chi connectivity index (χ4n) is 10.5. The molecule has 88 heavy (non-hydrogen) atoms. The third-order valence-electron chi connectivity index (χ3n) is 16.0. The molecule has 0 saturated heterocycles. The van der Waals surface area contributed by atoms with Crippen LogP contribution < -0.4 is 0 Å². The van der Waals surface area contributed by atoms with Gasteiger partial charge in [-0.2, -0.15) is 0 Å². The molecule has 0 aromatic carbocycles. The van der Waals surface area contributed by atoms with Crippen LogP contribution in [0.2, 0.25) is 0 Å². The van der Waals surface area contributed by atoms with Crippen LogP contribution in [0.15, 0.2) is 0 Å². The van der Waals surface area contributed by atoms with Crippen LogP contribution in [0, 0.1) is 5.92 Å². The molecule has 17 nitrogen and oxygen atoms in total. The molecule has 0 spiro atoms. The normalized spacial score (nSPS) is 14.1. The molecule has 522 valence electrons. The van der Waals surface area contributed by atoms with Gasteiger partial charge in [0, 0.05) is 25.7 Å². The minimum Gasteiger partial charge on any atom is -0.462 e. The fraction of sp³-hybridized carbons (Fsp3) is 0.942. The zero-order valence-corrected chi connectivity index (χ0v) is 58.6. The first kappa shape index (κ1) is 86.1. The molecule has 3 N–H and O–H groups in total. The highest BCUT2D eigenvalue weighted by atomic mass is 31.2. The highest BCUT2D eigenvalue weighted by Gasteiger charge is 2.30. The molecule has 0 aromatic rings. The van der Waals surface area contributed by atoms with Crippen molar-refractivity contribution in [2.75, 3.05) is 39.6 Å². The first-order valence-corrected chi connectivity index (χ1v) is 39.1. The Bertz CT molecular complexity index is 1700. The number of rotatable bonds is 69. The van der Waals surface area contributed by atoms with Gasteiger partial charge in [0.25, 0.3) is 0 Å². The van der Waals surface area contributed by atoms with E-state index in [-0.39, 0.29) is 25.7 Å². The molecule has 0 aliphatic carbocycles. The van der Waals surface area contributed by atoms with Gasteiger partial charge in [0.1, 0.15) is 19.3 Å². The number of carbonyl (C=O) groups excluding carboxylic acids is 4. The summed E-state index contributed by atoms with van der Waals surface area (Å²) in [6, 6.07) is 0. The van der Waals surface area contributed by atoms with Crippen molar-refractivity contribution in [3.05, 3.63) is 0 Å². The van der Waals surface area contributed by atoms with Crippen molar-refractivity contribution >= 4 is 39.5 Å². The van der Waals surface area contributed by atoms with Gasteiger partial charge in [0.05, 0.1) is 26.4 Å². The van der Waals surface area contributed by atoms with Gasteiger partial charge in [-0.3, -0.25) is 37.3 Å². The topological polar surface area (TPSA) is 237 Å². The van der Waals surface area contributed by atoms with Gasteiger partial charge in [-0.15, -0.1) is 0 Å². The summed E-state index contributed by atoms with van der Waals surface area (Å²) in [6.07, 6.45) is 48.9. The van der Waals surface area contributed by atoms with Gasteiger partial charge in [0.15, 0.2) is 12.2 Å². The van der Waals surface area contributed by atoms with E-state index in [1.54, 1.807) is 0 Å². The van der Waals surface area contributed by atoms with Gasteiger partial charge in [0.2, 0.25) is 0 Å². The number of hydrogen-bond acceptors (Lipinski definition) is 15. The van der Waals surface area contributed by atoms with E-state index in [2.05, 4.69) is 34.6 Å². The zero-order chi connectivity index (χ0) is 64.9. The van der Waals surface area contributed by atoms with Crippen molar-refractivity contribution in [1.29, 1.82) is 0 Å².